The maximum Gasteiger partial charge on any atom is 0.0695 e. The lowest BCUT2D eigenvalue weighted by Crippen LogP contribution is -2.47. The van der Waals surface area contributed by atoms with E-state index in [1.807, 2.05) is 0 Å². The molecule has 2 atom stereocenters. The molecule has 1 aliphatic heterocycles. The number of likely N-dealkylation sites (tertiary alicyclic amines) is 1. The lowest BCUT2D eigenvalue weighted by atomic mass is 9.76. The molecular weight excluding hydrogens is 198 g/mol. The Hall–Kier alpha value is -0.0800. The Labute approximate surface area is 99.0 Å². The predicted octanol–water partition coefficient (Wildman–Crippen LogP) is 2.56. The van der Waals surface area contributed by atoms with E-state index in [4.69, 9.17) is 0 Å². The highest BCUT2D eigenvalue weighted by molar-refractivity contribution is 4.94. The van der Waals surface area contributed by atoms with Crippen molar-refractivity contribution >= 4 is 0 Å². The highest BCUT2D eigenvalue weighted by Gasteiger charge is 2.40. The molecule has 2 heteroatoms. The van der Waals surface area contributed by atoms with E-state index < -0.39 is 0 Å². The molecule has 0 aromatic carbocycles. The summed E-state index contributed by atoms with van der Waals surface area (Å²) in [7, 11) is 0. The van der Waals surface area contributed by atoms with Crippen LogP contribution >= 0.6 is 0 Å². The molecule has 0 aromatic heterocycles. The molecular formula is C14H25NO. The van der Waals surface area contributed by atoms with Gasteiger partial charge < -0.3 is 5.11 Å². The van der Waals surface area contributed by atoms with Gasteiger partial charge in [0.25, 0.3) is 0 Å². The highest BCUT2D eigenvalue weighted by Crippen LogP contribution is 2.46. The standard InChI is InChI=1S/C14H25NO/c16-13-5-3-4-12(13)15-10-8-14(9-11-15)6-1-2-7-14/h12-13,16H,1-11H2. The first-order valence-electron chi connectivity index (χ1n) is 7.21. The van der Waals surface area contributed by atoms with E-state index in [9.17, 15) is 5.11 Å². The summed E-state index contributed by atoms with van der Waals surface area (Å²) in [5, 5.41) is 9.96. The summed E-state index contributed by atoms with van der Waals surface area (Å²) in [5.41, 5.74) is 0.722. The number of aliphatic hydroxyl groups is 1. The van der Waals surface area contributed by atoms with Gasteiger partial charge >= 0.3 is 0 Å². The Balaban J connectivity index is 1.57. The second kappa shape index (κ2) is 4.30. The van der Waals surface area contributed by atoms with Gasteiger partial charge in [-0.1, -0.05) is 12.8 Å². The molecule has 2 saturated carbocycles. The number of rotatable bonds is 1. The van der Waals surface area contributed by atoms with Crippen molar-refractivity contribution in [1.29, 1.82) is 0 Å². The molecule has 16 heavy (non-hydrogen) atoms. The fraction of sp³-hybridized carbons (Fsp3) is 1.00. The van der Waals surface area contributed by atoms with Crippen LogP contribution in [-0.4, -0.2) is 35.2 Å². The molecule has 1 spiro atoms. The number of nitrogens with zero attached hydrogens (tertiary/aromatic N) is 1. The van der Waals surface area contributed by atoms with Crippen LogP contribution in [0, 0.1) is 5.41 Å². The molecule has 0 radical (unpaired) electrons. The van der Waals surface area contributed by atoms with Gasteiger partial charge in [0.05, 0.1) is 6.10 Å². The molecule has 3 rings (SSSR count). The van der Waals surface area contributed by atoms with Gasteiger partial charge in [-0.25, -0.2) is 0 Å². The first-order chi connectivity index (χ1) is 7.79. The monoisotopic (exact) mass is 223 g/mol. The average Bonchev–Trinajstić information content (AvgIpc) is 2.90. The first kappa shape index (κ1) is 11.0. The molecule has 2 nitrogen and oxygen atoms in total. The van der Waals surface area contributed by atoms with Crippen molar-refractivity contribution in [3.63, 3.8) is 0 Å². The Morgan fingerprint density at radius 2 is 1.56 bits per heavy atom. The average molecular weight is 223 g/mol. The van der Waals surface area contributed by atoms with Crippen molar-refractivity contribution < 1.29 is 5.11 Å². The normalized spacial score (nSPS) is 39.6. The quantitative estimate of drug-likeness (QED) is 0.738. The van der Waals surface area contributed by atoms with Gasteiger partial charge in [0.1, 0.15) is 0 Å². The van der Waals surface area contributed by atoms with Crippen molar-refractivity contribution in [2.24, 2.45) is 5.41 Å². The summed E-state index contributed by atoms with van der Waals surface area (Å²) >= 11 is 0. The van der Waals surface area contributed by atoms with Crippen molar-refractivity contribution in [2.45, 2.75) is 69.9 Å². The molecule has 2 aliphatic carbocycles. The van der Waals surface area contributed by atoms with Gasteiger partial charge in [-0.3, -0.25) is 4.90 Å². The van der Waals surface area contributed by atoms with Crippen molar-refractivity contribution in [1.82, 2.24) is 4.90 Å². The number of aliphatic hydroxyl groups excluding tert-OH is 1. The second-order valence-corrected chi connectivity index (χ2v) is 6.31. The van der Waals surface area contributed by atoms with E-state index in [0.29, 0.717) is 6.04 Å². The van der Waals surface area contributed by atoms with Gasteiger partial charge in [-0.05, 0) is 63.5 Å². The summed E-state index contributed by atoms with van der Waals surface area (Å²) in [6.07, 6.45) is 12.2. The van der Waals surface area contributed by atoms with E-state index in [1.54, 1.807) is 0 Å². The smallest absolute Gasteiger partial charge is 0.0695 e. The van der Waals surface area contributed by atoms with Crippen LogP contribution in [0.25, 0.3) is 0 Å². The molecule has 1 saturated heterocycles. The van der Waals surface area contributed by atoms with Gasteiger partial charge in [0.15, 0.2) is 0 Å². The first-order valence-corrected chi connectivity index (χ1v) is 7.21. The molecule has 1 N–H and O–H groups in total. The van der Waals surface area contributed by atoms with E-state index >= 15 is 0 Å². The topological polar surface area (TPSA) is 23.5 Å². The van der Waals surface area contributed by atoms with Gasteiger partial charge in [-0.2, -0.15) is 0 Å². The maximum absolute atomic E-state index is 9.96. The summed E-state index contributed by atoms with van der Waals surface area (Å²) in [4.78, 5) is 2.58. The SMILES string of the molecule is OC1CCCC1N1CCC2(CCCC2)CC1. The largest absolute Gasteiger partial charge is 0.391 e. The zero-order chi connectivity index (χ0) is 11.0. The van der Waals surface area contributed by atoms with Gasteiger partial charge in [0.2, 0.25) is 0 Å². The third-order valence-corrected chi connectivity index (χ3v) is 5.44. The fourth-order valence-electron chi connectivity index (χ4n) is 4.30. The van der Waals surface area contributed by atoms with Crippen molar-refractivity contribution in [2.75, 3.05) is 13.1 Å². The fourth-order valence-corrected chi connectivity index (χ4v) is 4.30. The van der Waals surface area contributed by atoms with Crippen LogP contribution < -0.4 is 0 Å². The molecule has 0 bridgehead atoms. The van der Waals surface area contributed by atoms with Crippen LogP contribution in [-0.2, 0) is 0 Å². The summed E-state index contributed by atoms with van der Waals surface area (Å²) < 4.78 is 0. The molecule has 0 amide bonds. The second-order valence-electron chi connectivity index (χ2n) is 6.31. The third-order valence-electron chi connectivity index (χ3n) is 5.44. The molecule has 2 unspecified atom stereocenters. The molecule has 3 aliphatic rings. The van der Waals surface area contributed by atoms with E-state index in [-0.39, 0.29) is 6.10 Å². The summed E-state index contributed by atoms with van der Waals surface area (Å²) in [5.74, 6) is 0. The predicted molar refractivity (Wildman–Crippen MR) is 65.4 cm³/mol. The Morgan fingerprint density at radius 1 is 0.875 bits per heavy atom. The van der Waals surface area contributed by atoms with Gasteiger partial charge in [0, 0.05) is 6.04 Å². The van der Waals surface area contributed by atoms with E-state index in [2.05, 4.69) is 4.90 Å². The van der Waals surface area contributed by atoms with Crippen LogP contribution in [0.4, 0.5) is 0 Å². The lowest BCUT2D eigenvalue weighted by Gasteiger charge is -2.42. The highest BCUT2D eigenvalue weighted by atomic mass is 16.3. The van der Waals surface area contributed by atoms with Gasteiger partial charge in [-0.15, -0.1) is 0 Å². The Morgan fingerprint density at radius 3 is 2.12 bits per heavy atom. The van der Waals surface area contributed by atoms with Crippen LogP contribution in [0.5, 0.6) is 0 Å². The minimum atomic E-state index is -0.0300. The summed E-state index contributed by atoms with van der Waals surface area (Å²) in [6, 6.07) is 0.499. The molecule has 92 valence electrons. The number of piperidine rings is 1. The van der Waals surface area contributed by atoms with Crippen molar-refractivity contribution in [3.8, 4) is 0 Å². The van der Waals surface area contributed by atoms with E-state index in [1.165, 1.54) is 64.5 Å². The van der Waals surface area contributed by atoms with Crippen LogP contribution in [0.2, 0.25) is 0 Å². The van der Waals surface area contributed by atoms with Crippen molar-refractivity contribution in [3.05, 3.63) is 0 Å². The Bertz CT molecular complexity index is 237. The molecule has 3 fully saturated rings. The molecule has 0 aromatic rings. The third kappa shape index (κ3) is 1.91. The maximum atomic E-state index is 9.96. The van der Waals surface area contributed by atoms with Crippen LogP contribution in [0.15, 0.2) is 0 Å². The molecule has 1 heterocycles. The van der Waals surface area contributed by atoms with Crippen LogP contribution in [0.1, 0.15) is 57.8 Å². The zero-order valence-corrected chi connectivity index (χ0v) is 10.3. The van der Waals surface area contributed by atoms with E-state index in [0.717, 1.165) is 11.8 Å². The lowest BCUT2D eigenvalue weighted by molar-refractivity contribution is 0.0246. The summed E-state index contributed by atoms with van der Waals surface area (Å²) in [6.45, 7) is 2.50. The van der Waals surface area contributed by atoms with Crippen LogP contribution in [0.3, 0.4) is 0 Å². The number of hydrogen-bond acceptors (Lipinski definition) is 2. The minimum Gasteiger partial charge on any atom is -0.391 e. The number of hydrogen-bond donors (Lipinski definition) is 1. The zero-order valence-electron chi connectivity index (χ0n) is 10.3. The Kier molecular flexibility index (Phi) is 2.97. The minimum absolute atomic E-state index is 0.0300.